The monoisotopic (exact) mass is 651 g/mol. The Labute approximate surface area is 294 Å². The summed E-state index contributed by atoms with van der Waals surface area (Å²) in [6.45, 7) is 0. The molecule has 10 rings (SSSR count). The van der Waals surface area contributed by atoms with Crippen LogP contribution in [-0.2, 0) is 0 Å². The molecule has 51 heavy (non-hydrogen) atoms. The number of nitrogens with zero attached hydrogens (tertiary/aromatic N) is 3. The van der Waals surface area contributed by atoms with Crippen LogP contribution in [0.25, 0.3) is 99.9 Å². The first-order chi connectivity index (χ1) is 25.3. The maximum Gasteiger partial charge on any atom is 0.164 e. The van der Waals surface area contributed by atoms with Gasteiger partial charge in [0.05, 0.1) is 0 Å². The Morgan fingerprint density at radius 1 is 0.333 bits per heavy atom. The van der Waals surface area contributed by atoms with Crippen LogP contribution in [-0.4, -0.2) is 15.0 Å². The van der Waals surface area contributed by atoms with Crippen molar-refractivity contribution < 1.29 is 4.42 Å². The number of furan rings is 1. The summed E-state index contributed by atoms with van der Waals surface area (Å²) >= 11 is 0. The Morgan fingerprint density at radius 3 is 1.76 bits per heavy atom. The molecule has 8 aromatic carbocycles. The molecule has 0 aliphatic carbocycles. The van der Waals surface area contributed by atoms with E-state index in [2.05, 4.69) is 158 Å². The molecule has 0 saturated heterocycles. The standard InChI is InChI=1S/C47H29N3O/c1-2-12-32(13-3-1)39-19-9-20-40-43-41(21-10-22-42(43)51-44(39)40)47-49-45(48-46(50-47)36-28-23-30-11-4-5-15-35(30)29-36)34-26-24-33(25-27-34)38-18-8-16-31-14-6-7-17-37(31)38/h1-29H. The minimum Gasteiger partial charge on any atom is -0.455 e. The van der Waals surface area contributed by atoms with E-state index < -0.39 is 0 Å². The molecular weight excluding hydrogens is 623 g/mol. The van der Waals surface area contributed by atoms with E-state index in [4.69, 9.17) is 19.4 Å². The highest BCUT2D eigenvalue weighted by molar-refractivity contribution is 6.15. The van der Waals surface area contributed by atoms with Crippen molar-refractivity contribution in [3.05, 3.63) is 176 Å². The predicted molar refractivity (Wildman–Crippen MR) is 209 cm³/mol. The molecule has 0 amide bonds. The minimum atomic E-state index is 0.597. The maximum atomic E-state index is 6.59. The first-order valence-electron chi connectivity index (χ1n) is 17.1. The van der Waals surface area contributed by atoms with Crippen molar-refractivity contribution in [3.63, 3.8) is 0 Å². The SMILES string of the molecule is c1ccc(-c2cccc3c2oc2cccc(-c4nc(-c5ccc(-c6cccc7ccccc67)cc5)nc(-c5ccc6ccccc6c5)n4)c23)cc1. The first kappa shape index (κ1) is 29.0. The van der Waals surface area contributed by atoms with E-state index >= 15 is 0 Å². The zero-order chi connectivity index (χ0) is 33.7. The Morgan fingerprint density at radius 2 is 0.902 bits per heavy atom. The van der Waals surface area contributed by atoms with Gasteiger partial charge in [0.15, 0.2) is 17.5 Å². The molecule has 0 aliphatic rings. The summed E-state index contributed by atoms with van der Waals surface area (Å²) in [4.78, 5) is 15.4. The summed E-state index contributed by atoms with van der Waals surface area (Å²) in [7, 11) is 0. The molecule has 0 fully saturated rings. The second kappa shape index (κ2) is 11.9. The largest absolute Gasteiger partial charge is 0.455 e. The molecule has 0 atom stereocenters. The molecule has 4 heteroatoms. The molecule has 0 spiro atoms. The number of fused-ring (bicyclic) bond motifs is 5. The molecule has 0 saturated carbocycles. The van der Waals surface area contributed by atoms with Gasteiger partial charge in [0.2, 0.25) is 0 Å². The van der Waals surface area contributed by atoms with Gasteiger partial charge in [-0.25, -0.2) is 15.0 Å². The quantitative estimate of drug-likeness (QED) is 0.186. The first-order valence-corrected chi connectivity index (χ1v) is 17.1. The van der Waals surface area contributed by atoms with E-state index in [0.717, 1.165) is 60.7 Å². The van der Waals surface area contributed by atoms with Crippen molar-refractivity contribution in [3.8, 4) is 56.4 Å². The van der Waals surface area contributed by atoms with E-state index in [1.54, 1.807) is 0 Å². The zero-order valence-corrected chi connectivity index (χ0v) is 27.5. The molecule has 0 N–H and O–H groups in total. The predicted octanol–water partition coefficient (Wildman–Crippen LogP) is 12.4. The van der Waals surface area contributed by atoms with Gasteiger partial charge in [-0.15, -0.1) is 0 Å². The highest BCUT2D eigenvalue weighted by Crippen LogP contribution is 2.40. The smallest absolute Gasteiger partial charge is 0.164 e. The number of hydrogen-bond donors (Lipinski definition) is 0. The zero-order valence-electron chi connectivity index (χ0n) is 27.5. The molecule has 238 valence electrons. The van der Waals surface area contributed by atoms with Crippen LogP contribution in [0.2, 0.25) is 0 Å². The Kier molecular flexibility index (Phi) is 6.78. The molecule has 10 aromatic rings. The summed E-state index contributed by atoms with van der Waals surface area (Å²) in [5, 5.41) is 6.76. The van der Waals surface area contributed by atoms with Crippen molar-refractivity contribution in [1.82, 2.24) is 15.0 Å². The molecule has 0 radical (unpaired) electrons. The highest BCUT2D eigenvalue weighted by atomic mass is 16.3. The van der Waals surface area contributed by atoms with Gasteiger partial charge in [-0.3, -0.25) is 0 Å². The average Bonchev–Trinajstić information content (AvgIpc) is 3.60. The molecule has 0 unspecified atom stereocenters. The number of hydrogen-bond acceptors (Lipinski definition) is 4. The van der Waals surface area contributed by atoms with Gasteiger partial charge in [0, 0.05) is 33.0 Å². The minimum absolute atomic E-state index is 0.597. The molecular formula is C47H29N3O. The average molecular weight is 652 g/mol. The van der Waals surface area contributed by atoms with Gasteiger partial charge < -0.3 is 4.42 Å². The van der Waals surface area contributed by atoms with Crippen molar-refractivity contribution in [1.29, 1.82) is 0 Å². The van der Waals surface area contributed by atoms with E-state index in [0.29, 0.717) is 17.5 Å². The lowest BCUT2D eigenvalue weighted by atomic mass is 9.97. The molecule has 2 aromatic heterocycles. The number of benzene rings is 8. The van der Waals surface area contributed by atoms with Crippen LogP contribution in [0.1, 0.15) is 0 Å². The van der Waals surface area contributed by atoms with Crippen LogP contribution in [0.5, 0.6) is 0 Å². The molecule has 4 nitrogen and oxygen atoms in total. The Hall–Kier alpha value is -6.91. The van der Waals surface area contributed by atoms with Gasteiger partial charge in [-0.05, 0) is 50.4 Å². The fraction of sp³-hybridized carbons (Fsp3) is 0. The van der Waals surface area contributed by atoms with Gasteiger partial charge in [0.1, 0.15) is 11.2 Å². The normalized spacial score (nSPS) is 11.5. The van der Waals surface area contributed by atoms with Gasteiger partial charge >= 0.3 is 0 Å². The molecule has 0 bridgehead atoms. The van der Waals surface area contributed by atoms with Crippen LogP contribution < -0.4 is 0 Å². The maximum absolute atomic E-state index is 6.59. The lowest BCUT2D eigenvalue weighted by Gasteiger charge is -2.11. The summed E-state index contributed by atoms with van der Waals surface area (Å²) in [6, 6.07) is 61.0. The van der Waals surface area contributed by atoms with Crippen molar-refractivity contribution in [2.75, 3.05) is 0 Å². The van der Waals surface area contributed by atoms with E-state index in [-0.39, 0.29) is 0 Å². The lowest BCUT2D eigenvalue weighted by Crippen LogP contribution is -2.00. The lowest BCUT2D eigenvalue weighted by molar-refractivity contribution is 0.670. The van der Waals surface area contributed by atoms with Gasteiger partial charge in [-0.2, -0.15) is 0 Å². The van der Waals surface area contributed by atoms with Gasteiger partial charge in [-0.1, -0.05) is 164 Å². The number of rotatable bonds is 5. The Bertz CT molecular complexity index is 2900. The fourth-order valence-corrected chi connectivity index (χ4v) is 7.24. The van der Waals surface area contributed by atoms with Crippen LogP contribution in [0, 0.1) is 0 Å². The van der Waals surface area contributed by atoms with E-state index in [9.17, 15) is 0 Å². The van der Waals surface area contributed by atoms with Crippen molar-refractivity contribution in [2.45, 2.75) is 0 Å². The van der Waals surface area contributed by atoms with Crippen LogP contribution in [0.15, 0.2) is 180 Å². The second-order valence-electron chi connectivity index (χ2n) is 12.8. The van der Waals surface area contributed by atoms with Gasteiger partial charge in [0.25, 0.3) is 0 Å². The summed E-state index contributed by atoms with van der Waals surface area (Å²) < 4.78 is 6.59. The van der Waals surface area contributed by atoms with E-state index in [1.165, 1.54) is 21.7 Å². The number of para-hydroxylation sites is 1. The summed E-state index contributed by atoms with van der Waals surface area (Å²) in [6.07, 6.45) is 0. The molecule has 2 heterocycles. The molecule has 0 aliphatic heterocycles. The van der Waals surface area contributed by atoms with Crippen molar-refractivity contribution >= 4 is 43.5 Å². The summed E-state index contributed by atoms with van der Waals surface area (Å²) in [5.74, 6) is 1.83. The third-order valence-electron chi connectivity index (χ3n) is 9.74. The van der Waals surface area contributed by atoms with Crippen LogP contribution in [0.3, 0.4) is 0 Å². The second-order valence-corrected chi connectivity index (χ2v) is 12.8. The third kappa shape index (κ3) is 5.04. The highest BCUT2D eigenvalue weighted by Gasteiger charge is 2.19. The topological polar surface area (TPSA) is 51.8 Å². The number of aromatic nitrogens is 3. The third-order valence-corrected chi connectivity index (χ3v) is 9.74. The van der Waals surface area contributed by atoms with Crippen LogP contribution in [0.4, 0.5) is 0 Å². The van der Waals surface area contributed by atoms with Crippen LogP contribution >= 0.6 is 0 Å². The van der Waals surface area contributed by atoms with E-state index in [1.807, 2.05) is 18.2 Å². The van der Waals surface area contributed by atoms with Crippen molar-refractivity contribution in [2.24, 2.45) is 0 Å². The fourth-order valence-electron chi connectivity index (χ4n) is 7.24. The summed E-state index contributed by atoms with van der Waals surface area (Å²) in [5.41, 5.74) is 8.88. The Balaban J connectivity index is 1.16.